The van der Waals surface area contributed by atoms with Gasteiger partial charge in [-0.1, -0.05) is 25.1 Å². The molecule has 1 unspecified atom stereocenters. The first kappa shape index (κ1) is 19.0. The molecule has 3 nitrogen and oxygen atoms in total. The van der Waals surface area contributed by atoms with E-state index >= 15 is 0 Å². The quantitative estimate of drug-likeness (QED) is 0.516. The van der Waals surface area contributed by atoms with Gasteiger partial charge in [-0.2, -0.15) is 0 Å². The van der Waals surface area contributed by atoms with Crippen molar-refractivity contribution in [3.63, 3.8) is 0 Å². The van der Waals surface area contributed by atoms with Crippen LogP contribution in [0.2, 0.25) is 0 Å². The summed E-state index contributed by atoms with van der Waals surface area (Å²) >= 11 is 6.49. The standard InChI is InChI=1S/C23H29ClO3/c1-3-27-22(26)13-20(24)15-5-6-16-14(12-15)4-7-18-17(16)10-11-23(2)19(18)8-9-21(23)25/h5-6,12,17-20H,3-4,7-11,13H2,1-2H3/t17-,18-,19+,20?,23+/m1/s1. The van der Waals surface area contributed by atoms with Crippen LogP contribution in [0.25, 0.3) is 0 Å². The number of esters is 1. The highest BCUT2D eigenvalue weighted by Gasteiger charge is 2.54. The number of benzene rings is 1. The Hall–Kier alpha value is -1.35. The van der Waals surface area contributed by atoms with Gasteiger partial charge in [-0.3, -0.25) is 9.59 Å². The molecule has 1 aromatic carbocycles. The number of carbonyl (C=O) groups is 2. The molecule has 5 atom stereocenters. The van der Waals surface area contributed by atoms with Crippen LogP contribution < -0.4 is 0 Å². The van der Waals surface area contributed by atoms with E-state index in [1.807, 2.05) is 6.92 Å². The molecule has 0 amide bonds. The number of hydrogen-bond donors (Lipinski definition) is 0. The first-order valence-corrected chi connectivity index (χ1v) is 10.8. The molecule has 0 radical (unpaired) electrons. The maximum Gasteiger partial charge on any atom is 0.307 e. The van der Waals surface area contributed by atoms with Gasteiger partial charge in [0.2, 0.25) is 0 Å². The van der Waals surface area contributed by atoms with Gasteiger partial charge in [0, 0.05) is 11.8 Å². The number of ketones is 1. The molecule has 0 heterocycles. The molecular weight excluding hydrogens is 360 g/mol. The highest BCUT2D eigenvalue weighted by atomic mass is 35.5. The fraction of sp³-hybridized carbons (Fsp3) is 0.652. The summed E-state index contributed by atoms with van der Waals surface area (Å²) in [5, 5.41) is -0.339. The van der Waals surface area contributed by atoms with Crippen LogP contribution in [0.4, 0.5) is 0 Å². The summed E-state index contributed by atoms with van der Waals surface area (Å²) in [5.74, 6) is 2.02. The average Bonchev–Trinajstić information content (AvgIpc) is 2.96. The summed E-state index contributed by atoms with van der Waals surface area (Å²) < 4.78 is 5.02. The monoisotopic (exact) mass is 388 g/mol. The lowest BCUT2D eigenvalue weighted by Gasteiger charge is -2.48. The predicted molar refractivity (Wildman–Crippen MR) is 106 cm³/mol. The summed E-state index contributed by atoms with van der Waals surface area (Å²) in [4.78, 5) is 24.2. The third-order valence-electron chi connectivity index (χ3n) is 7.47. The maximum absolute atomic E-state index is 12.5. The number of halogens is 1. The fourth-order valence-electron chi connectivity index (χ4n) is 6.05. The minimum absolute atomic E-state index is 0.0700. The lowest BCUT2D eigenvalue weighted by atomic mass is 9.55. The number of Topliss-reactive ketones (excluding diaryl/α,β-unsaturated/α-hetero) is 1. The van der Waals surface area contributed by atoms with Gasteiger partial charge in [0.05, 0.1) is 18.4 Å². The van der Waals surface area contributed by atoms with Crippen molar-refractivity contribution in [3.8, 4) is 0 Å². The largest absolute Gasteiger partial charge is 0.466 e. The normalized spacial score (nSPS) is 33.0. The Labute approximate surface area is 166 Å². The zero-order valence-electron chi connectivity index (χ0n) is 16.3. The molecule has 0 N–H and O–H groups in total. The number of carbonyl (C=O) groups excluding carboxylic acids is 2. The third-order valence-corrected chi connectivity index (χ3v) is 7.88. The Balaban J connectivity index is 1.54. The Morgan fingerprint density at radius 1 is 1.30 bits per heavy atom. The van der Waals surface area contributed by atoms with Crippen LogP contribution in [0, 0.1) is 17.3 Å². The van der Waals surface area contributed by atoms with Crippen LogP contribution in [0.1, 0.15) is 80.4 Å². The van der Waals surface area contributed by atoms with Crippen LogP contribution >= 0.6 is 11.6 Å². The first-order valence-electron chi connectivity index (χ1n) is 10.4. The van der Waals surface area contributed by atoms with Crippen molar-refractivity contribution in [2.45, 2.75) is 70.1 Å². The number of aryl methyl sites for hydroxylation is 1. The molecule has 4 rings (SSSR count). The molecule has 4 heteroatoms. The summed E-state index contributed by atoms with van der Waals surface area (Å²) in [7, 11) is 0. The van der Waals surface area contributed by atoms with Crippen molar-refractivity contribution in [3.05, 3.63) is 34.9 Å². The van der Waals surface area contributed by atoms with Gasteiger partial charge >= 0.3 is 5.97 Å². The van der Waals surface area contributed by atoms with Crippen molar-refractivity contribution < 1.29 is 14.3 Å². The van der Waals surface area contributed by atoms with E-state index < -0.39 is 0 Å². The molecule has 0 spiro atoms. The predicted octanol–water partition coefficient (Wildman–Crippen LogP) is 5.34. The number of alkyl halides is 1. The molecule has 2 saturated carbocycles. The van der Waals surface area contributed by atoms with Crippen LogP contribution in [-0.2, 0) is 20.7 Å². The van der Waals surface area contributed by atoms with Crippen molar-refractivity contribution in [1.82, 2.24) is 0 Å². The Morgan fingerprint density at radius 3 is 2.89 bits per heavy atom. The van der Waals surface area contributed by atoms with Crippen LogP contribution in [0.3, 0.4) is 0 Å². The molecule has 1 aromatic rings. The SMILES string of the molecule is CCOC(=O)CC(Cl)c1ccc2c(c1)CC[C@@H]1[C@@H]2CC[C@]2(C)C(=O)CC[C@@H]12. The van der Waals surface area contributed by atoms with E-state index in [2.05, 4.69) is 25.1 Å². The molecule has 2 fully saturated rings. The van der Waals surface area contributed by atoms with E-state index in [1.165, 1.54) is 17.5 Å². The number of fused-ring (bicyclic) bond motifs is 5. The second-order valence-electron chi connectivity index (χ2n) is 8.77. The maximum atomic E-state index is 12.5. The summed E-state index contributed by atoms with van der Waals surface area (Å²) in [6, 6.07) is 6.53. The van der Waals surface area contributed by atoms with Gasteiger partial charge in [-0.05, 0) is 73.5 Å². The van der Waals surface area contributed by atoms with Gasteiger partial charge in [0.25, 0.3) is 0 Å². The van der Waals surface area contributed by atoms with Gasteiger partial charge in [-0.15, -0.1) is 11.6 Å². The number of rotatable bonds is 4. The van der Waals surface area contributed by atoms with Crippen molar-refractivity contribution >= 4 is 23.4 Å². The van der Waals surface area contributed by atoms with E-state index in [4.69, 9.17) is 16.3 Å². The second kappa shape index (κ2) is 7.24. The van der Waals surface area contributed by atoms with Crippen LogP contribution in [0.5, 0.6) is 0 Å². The molecule has 0 aromatic heterocycles. The molecule has 3 aliphatic carbocycles. The highest BCUT2D eigenvalue weighted by molar-refractivity contribution is 6.21. The second-order valence-corrected chi connectivity index (χ2v) is 9.30. The average molecular weight is 389 g/mol. The van der Waals surface area contributed by atoms with E-state index in [0.29, 0.717) is 30.1 Å². The molecule has 0 bridgehead atoms. The van der Waals surface area contributed by atoms with E-state index in [9.17, 15) is 9.59 Å². The third kappa shape index (κ3) is 3.22. The highest BCUT2D eigenvalue weighted by Crippen LogP contribution is 2.59. The summed E-state index contributed by atoms with van der Waals surface area (Å²) in [5.41, 5.74) is 3.78. The van der Waals surface area contributed by atoms with Gasteiger partial charge in [0.15, 0.2) is 0 Å². The number of ether oxygens (including phenoxy) is 1. The first-order chi connectivity index (χ1) is 12.9. The molecular formula is C23H29ClO3. The van der Waals surface area contributed by atoms with Crippen molar-refractivity contribution in [2.75, 3.05) is 6.61 Å². The van der Waals surface area contributed by atoms with Gasteiger partial charge in [-0.25, -0.2) is 0 Å². The topological polar surface area (TPSA) is 43.4 Å². The Bertz CT molecular complexity index is 758. The summed E-state index contributed by atoms with van der Waals surface area (Å²) in [6.45, 7) is 4.41. The van der Waals surface area contributed by atoms with Gasteiger partial charge in [0.1, 0.15) is 5.78 Å². The van der Waals surface area contributed by atoms with E-state index in [0.717, 1.165) is 37.7 Å². The minimum atomic E-state index is -0.339. The number of hydrogen-bond acceptors (Lipinski definition) is 3. The Kier molecular flexibility index (Phi) is 5.09. The fourth-order valence-corrected chi connectivity index (χ4v) is 6.31. The van der Waals surface area contributed by atoms with E-state index in [1.54, 1.807) is 0 Å². The molecule has 27 heavy (non-hydrogen) atoms. The Morgan fingerprint density at radius 2 is 2.11 bits per heavy atom. The zero-order valence-corrected chi connectivity index (χ0v) is 17.1. The van der Waals surface area contributed by atoms with Crippen LogP contribution in [-0.4, -0.2) is 18.4 Å². The van der Waals surface area contributed by atoms with Crippen molar-refractivity contribution in [2.24, 2.45) is 17.3 Å². The molecule has 0 saturated heterocycles. The zero-order chi connectivity index (χ0) is 19.2. The summed E-state index contributed by atoms with van der Waals surface area (Å²) in [6.07, 6.45) is 6.42. The smallest absolute Gasteiger partial charge is 0.307 e. The van der Waals surface area contributed by atoms with E-state index in [-0.39, 0.29) is 23.2 Å². The lowest BCUT2D eigenvalue weighted by Crippen LogP contribution is -2.42. The molecule has 0 aliphatic heterocycles. The molecule has 146 valence electrons. The van der Waals surface area contributed by atoms with Gasteiger partial charge < -0.3 is 4.74 Å². The molecule has 3 aliphatic rings. The minimum Gasteiger partial charge on any atom is -0.466 e. The lowest BCUT2D eigenvalue weighted by molar-refractivity contribution is -0.143. The van der Waals surface area contributed by atoms with Crippen molar-refractivity contribution in [1.29, 1.82) is 0 Å². The van der Waals surface area contributed by atoms with Crippen LogP contribution in [0.15, 0.2) is 18.2 Å².